The number of aliphatic hydroxyl groups is 1. The summed E-state index contributed by atoms with van der Waals surface area (Å²) in [6, 6.07) is 4.26. The molecular formula is C8H9ClFNO. The van der Waals surface area contributed by atoms with Crippen LogP contribution in [0.5, 0.6) is 0 Å². The van der Waals surface area contributed by atoms with Gasteiger partial charge in [0.1, 0.15) is 5.82 Å². The molecule has 2 nitrogen and oxygen atoms in total. The van der Waals surface area contributed by atoms with Gasteiger partial charge in [-0.25, -0.2) is 4.39 Å². The topological polar surface area (TPSA) is 46.2 Å². The Balaban J connectivity index is 3.07. The molecule has 1 aromatic carbocycles. The van der Waals surface area contributed by atoms with E-state index in [2.05, 4.69) is 0 Å². The van der Waals surface area contributed by atoms with Crippen molar-refractivity contribution in [3.05, 3.63) is 34.6 Å². The summed E-state index contributed by atoms with van der Waals surface area (Å²) >= 11 is 5.58. The van der Waals surface area contributed by atoms with Crippen molar-refractivity contribution in [1.29, 1.82) is 0 Å². The molecule has 0 amide bonds. The third kappa shape index (κ3) is 1.75. The van der Waals surface area contributed by atoms with Crippen molar-refractivity contribution in [1.82, 2.24) is 0 Å². The second-order valence-corrected chi connectivity index (χ2v) is 2.77. The molecule has 0 bridgehead atoms. The minimum absolute atomic E-state index is 0.0309. The highest BCUT2D eigenvalue weighted by Crippen LogP contribution is 2.24. The van der Waals surface area contributed by atoms with Gasteiger partial charge in [-0.2, -0.15) is 0 Å². The quantitative estimate of drug-likeness (QED) is 0.740. The highest BCUT2D eigenvalue weighted by Gasteiger charge is 2.11. The number of nitrogens with two attached hydrogens (primary N) is 1. The number of rotatable bonds is 2. The summed E-state index contributed by atoms with van der Waals surface area (Å²) in [6.07, 6.45) is -0.895. The molecule has 1 rings (SSSR count). The predicted molar refractivity (Wildman–Crippen MR) is 45.4 cm³/mol. The zero-order valence-electron chi connectivity index (χ0n) is 6.30. The molecule has 0 saturated carbocycles. The van der Waals surface area contributed by atoms with Crippen LogP contribution in [-0.4, -0.2) is 11.7 Å². The van der Waals surface area contributed by atoms with Crippen LogP contribution in [0.3, 0.4) is 0 Å². The molecule has 0 spiro atoms. The zero-order chi connectivity index (χ0) is 9.14. The van der Waals surface area contributed by atoms with E-state index in [-0.39, 0.29) is 11.6 Å². The van der Waals surface area contributed by atoms with Crippen molar-refractivity contribution in [2.75, 3.05) is 6.54 Å². The van der Waals surface area contributed by atoms with Crippen molar-refractivity contribution >= 4 is 11.6 Å². The van der Waals surface area contributed by atoms with Crippen LogP contribution in [0.15, 0.2) is 18.2 Å². The second-order valence-electron chi connectivity index (χ2n) is 2.39. The standard InChI is InChI=1S/C8H9ClFNO/c9-8-5(7(12)4-11)2-1-3-6(8)10/h1-3,7,12H,4,11H2. The number of halogens is 2. The van der Waals surface area contributed by atoms with Crippen LogP contribution in [0.1, 0.15) is 11.7 Å². The SMILES string of the molecule is NCC(O)c1cccc(F)c1Cl. The first-order valence-electron chi connectivity index (χ1n) is 3.49. The van der Waals surface area contributed by atoms with Crippen molar-refractivity contribution in [3.8, 4) is 0 Å². The van der Waals surface area contributed by atoms with E-state index in [9.17, 15) is 9.50 Å². The third-order valence-electron chi connectivity index (χ3n) is 1.56. The molecule has 12 heavy (non-hydrogen) atoms. The number of benzene rings is 1. The Hall–Kier alpha value is -0.640. The summed E-state index contributed by atoms with van der Waals surface area (Å²) in [5, 5.41) is 9.20. The lowest BCUT2D eigenvalue weighted by molar-refractivity contribution is 0.186. The Kier molecular flexibility index (Phi) is 3.03. The number of hydrogen-bond acceptors (Lipinski definition) is 2. The molecule has 0 aromatic heterocycles. The van der Waals surface area contributed by atoms with E-state index in [4.69, 9.17) is 17.3 Å². The largest absolute Gasteiger partial charge is 0.387 e. The molecule has 1 unspecified atom stereocenters. The van der Waals surface area contributed by atoms with Crippen LogP contribution >= 0.6 is 11.6 Å². The molecule has 0 saturated heterocycles. The van der Waals surface area contributed by atoms with Crippen LogP contribution in [-0.2, 0) is 0 Å². The summed E-state index contributed by atoms with van der Waals surface area (Å²) in [6.45, 7) is 0.0309. The van der Waals surface area contributed by atoms with Crippen molar-refractivity contribution < 1.29 is 9.50 Å². The Morgan fingerprint density at radius 3 is 2.83 bits per heavy atom. The Labute approximate surface area is 74.8 Å². The average Bonchev–Trinajstić information content (AvgIpc) is 2.08. The summed E-state index contributed by atoms with van der Waals surface area (Å²) in [4.78, 5) is 0. The molecule has 0 aliphatic carbocycles. The fourth-order valence-electron chi connectivity index (χ4n) is 0.905. The molecular weight excluding hydrogens is 181 g/mol. The average molecular weight is 190 g/mol. The first kappa shape index (κ1) is 9.45. The van der Waals surface area contributed by atoms with Gasteiger partial charge in [-0.05, 0) is 6.07 Å². The lowest BCUT2D eigenvalue weighted by Crippen LogP contribution is -2.12. The first-order chi connectivity index (χ1) is 5.66. The van der Waals surface area contributed by atoms with Gasteiger partial charge in [-0.1, -0.05) is 23.7 Å². The van der Waals surface area contributed by atoms with Gasteiger partial charge in [0.15, 0.2) is 0 Å². The molecule has 0 heterocycles. The Morgan fingerprint density at radius 2 is 2.25 bits per heavy atom. The van der Waals surface area contributed by atoms with Crippen LogP contribution in [0, 0.1) is 5.82 Å². The van der Waals surface area contributed by atoms with E-state index in [1.165, 1.54) is 12.1 Å². The maximum absolute atomic E-state index is 12.8. The summed E-state index contributed by atoms with van der Waals surface area (Å²) in [7, 11) is 0. The van der Waals surface area contributed by atoms with Gasteiger partial charge in [0.2, 0.25) is 0 Å². The van der Waals surface area contributed by atoms with E-state index < -0.39 is 11.9 Å². The van der Waals surface area contributed by atoms with Gasteiger partial charge in [-0.15, -0.1) is 0 Å². The van der Waals surface area contributed by atoms with Crippen LogP contribution < -0.4 is 5.73 Å². The zero-order valence-corrected chi connectivity index (χ0v) is 7.05. The minimum atomic E-state index is -0.895. The predicted octanol–water partition coefficient (Wildman–Crippen LogP) is 1.47. The van der Waals surface area contributed by atoms with Gasteiger partial charge in [0.25, 0.3) is 0 Å². The lowest BCUT2D eigenvalue weighted by atomic mass is 10.1. The summed E-state index contributed by atoms with van der Waals surface area (Å²) in [5.41, 5.74) is 5.52. The smallest absolute Gasteiger partial charge is 0.142 e. The molecule has 66 valence electrons. The van der Waals surface area contributed by atoms with Gasteiger partial charge >= 0.3 is 0 Å². The minimum Gasteiger partial charge on any atom is -0.387 e. The third-order valence-corrected chi connectivity index (χ3v) is 1.96. The molecule has 0 fully saturated rings. The fourth-order valence-corrected chi connectivity index (χ4v) is 1.16. The Morgan fingerprint density at radius 1 is 1.58 bits per heavy atom. The van der Waals surface area contributed by atoms with E-state index >= 15 is 0 Å². The molecule has 3 N–H and O–H groups in total. The van der Waals surface area contributed by atoms with E-state index in [1.54, 1.807) is 6.07 Å². The maximum Gasteiger partial charge on any atom is 0.142 e. The van der Waals surface area contributed by atoms with Crippen molar-refractivity contribution in [2.24, 2.45) is 5.73 Å². The lowest BCUT2D eigenvalue weighted by Gasteiger charge is -2.09. The van der Waals surface area contributed by atoms with Crippen LogP contribution in [0.4, 0.5) is 4.39 Å². The molecule has 1 aromatic rings. The summed E-state index contributed by atoms with van der Waals surface area (Å²) in [5.74, 6) is -0.540. The van der Waals surface area contributed by atoms with Gasteiger partial charge in [0.05, 0.1) is 11.1 Å². The molecule has 0 radical (unpaired) electrons. The van der Waals surface area contributed by atoms with E-state index in [1.807, 2.05) is 0 Å². The van der Waals surface area contributed by atoms with E-state index in [0.29, 0.717) is 5.56 Å². The normalized spacial score (nSPS) is 13.0. The fraction of sp³-hybridized carbons (Fsp3) is 0.250. The van der Waals surface area contributed by atoms with Gasteiger partial charge in [0, 0.05) is 12.1 Å². The number of aliphatic hydroxyl groups excluding tert-OH is 1. The molecule has 0 aliphatic rings. The van der Waals surface area contributed by atoms with Crippen LogP contribution in [0.2, 0.25) is 5.02 Å². The molecule has 0 aliphatic heterocycles. The second kappa shape index (κ2) is 3.85. The first-order valence-corrected chi connectivity index (χ1v) is 3.86. The monoisotopic (exact) mass is 189 g/mol. The van der Waals surface area contributed by atoms with Crippen molar-refractivity contribution in [2.45, 2.75) is 6.10 Å². The highest BCUT2D eigenvalue weighted by molar-refractivity contribution is 6.31. The van der Waals surface area contributed by atoms with Crippen LogP contribution in [0.25, 0.3) is 0 Å². The highest BCUT2D eigenvalue weighted by atomic mass is 35.5. The number of hydrogen-bond donors (Lipinski definition) is 2. The molecule has 1 atom stereocenters. The molecule has 4 heteroatoms. The van der Waals surface area contributed by atoms with Gasteiger partial charge in [-0.3, -0.25) is 0 Å². The maximum atomic E-state index is 12.8. The van der Waals surface area contributed by atoms with Gasteiger partial charge < -0.3 is 10.8 Å². The summed E-state index contributed by atoms with van der Waals surface area (Å²) < 4.78 is 12.8. The Bertz CT molecular complexity index is 280. The van der Waals surface area contributed by atoms with E-state index in [0.717, 1.165) is 0 Å². The van der Waals surface area contributed by atoms with Crippen molar-refractivity contribution in [3.63, 3.8) is 0 Å².